The van der Waals surface area contributed by atoms with E-state index in [1.54, 1.807) is 0 Å². The number of benzene rings is 1. The Morgan fingerprint density at radius 1 is 1.16 bits per heavy atom. The van der Waals surface area contributed by atoms with Gasteiger partial charge in [0, 0.05) is 10.7 Å². The van der Waals surface area contributed by atoms with Crippen LogP contribution in [0.5, 0.6) is 0 Å². The van der Waals surface area contributed by atoms with Gasteiger partial charge in [-0.05, 0) is 49.8 Å². The van der Waals surface area contributed by atoms with Crippen molar-refractivity contribution in [2.45, 2.75) is 56.6 Å². The third-order valence-corrected chi connectivity index (χ3v) is 5.14. The number of hydrogen-bond acceptors (Lipinski definition) is 2. The monoisotopic (exact) mass is 279 g/mol. The Bertz CT molecular complexity index is 448. The van der Waals surface area contributed by atoms with Gasteiger partial charge in [-0.2, -0.15) is 0 Å². The molecule has 1 unspecified atom stereocenters. The SMILES string of the molecule is O[C@@]12CCCC[C@@H]1CCCC2Nc1cccc(Cl)c1. The molecule has 2 saturated carbocycles. The van der Waals surface area contributed by atoms with E-state index in [9.17, 15) is 5.11 Å². The van der Waals surface area contributed by atoms with Gasteiger partial charge in [0.05, 0.1) is 11.6 Å². The van der Waals surface area contributed by atoms with Crippen molar-refractivity contribution >= 4 is 17.3 Å². The van der Waals surface area contributed by atoms with Gasteiger partial charge in [-0.1, -0.05) is 36.9 Å². The zero-order chi connectivity index (χ0) is 13.3. The largest absolute Gasteiger partial charge is 0.387 e. The van der Waals surface area contributed by atoms with Crippen LogP contribution < -0.4 is 5.32 Å². The second kappa shape index (κ2) is 5.34. The number of anilines is 1. The summed E-state index contributed by atoms with van der Waals surface area (Å²) in [4.78, 5) is 0. The van der Waals surface area contributed by atoms with Gasteiger partial charge in [-0.25, -0.2) is 0 Å². The minimum absolute atomic E-state index is 0.171. The molecule has 3 heteroatoms. The molecule has 1 aromatic carbocycles. The molecule has 2 nitrogen and oxygen atoms in total. The van der Waals surface area contributed by atoms with Crippen molar-refractivity contribution in [3.8, 4) is 0 Å². The lowest BCUT2D eigenvalue weighted by atomic mass is 9.65. The van der Waals surface area contributed by atoms with Crippen molar-refractivity contribution in [1.29, 1.82) is 0 Å². The van der Waals surface area contributed by atoms with Gasteiger partial charge in [-0.15, -0.1) is 0 Å². The van der Waals surface area contributed by atoms with Crippen LogP contribution in [0.4, 0.5) is 5.69 Å². The molecule has 0 bridgehead atoms. The summed E-state index contributed by atoms with van der Waals surface area (Å²) >= 11 is 6.03. The Morgan fingerprint density at radius 3 is 2.84 bits per heavy atom. The van der Waals surface area contributed by atoms with Crippen LogP contribution in [0.25, 0.3) is 0 Å². The molecule has 3 atom stereocenters. The van der Waals surface area contributed by atoms with Gasteiger partial charge in [0.2, 0.25) is 0 Å². The average molecular weight is 280 g/mol. The molecular formula is C16H22ClNO. The number of rotatable bonds is 2. The van der Waals surface area contributed by atoms with Crippen LogP contribution in [0.1, 0.15) is 44.9 Å². The van der Waals surface area contributed by atoms with Gasteiger partial charge < -0.3 is 10.4 Å². The number of aliphatic hydroxyl groups is 1. The van der Waals surface area contributed by atoms with Crippen molar-refractivity contribution in [3.63, 3.8) is 0 Å². The molecule has 0 saturated heterocycles. The second-order valence-electron chi connectivity index (χ2n) is 6.07. The van der Waals surface area contributed by atoms with Crippen molar-refractivity contribution in [2.75, 3.05) is 5.32 Å². The molecule has 1 aromatic rings. The van der Waals surface area contributed by atoms with Crippen LogP contribution in [0.2, 0.25) is 5.02 Å². The van der Waals surface area contributed by atoms with E-state index in [1.807, 2.05) is 24.3 Å². The summed E-state index contributed by atoms with van der Waals surface area (Å²) in [5.41, 5.74) is 0.510. The maximum Gasteiger partial charge on any atom is 0.0875 e. The lowest BCUT2D eigenvalue weighted by Crippen LogP contribution is -2.56. The summed E-state index contributed by atoms with van der Waals surface area (Å²) in [5, 5.41) is 15.4. The van der Waals surface area contributed by atoms with E-state index in [0.29, 0.717) is 5.92 Å². The summed E-state index contributed by atoms with van der Waals surface area (Å²) in [6, 6.07) is 7.98. The molecule has 0 aliphatic heterocycles. The van der Waals surface area contributed by atoms with E-state index in [0.717, 1.165) is 30.0 Å². The quantitative estimate of drug-likeness (QED) is 0.849. The zero-order valence-corrected chi connectivity index (χ0v) is 12.0. The first-order chi connectivity index (χ1) is 9.18. The van der Waals surface area contributed by atoms with Gasteiger partial charge in [0.1, 0.15) is 0 Å². The highest BCUT2D eigenvalue weighted by atomic mass is 35.5. The van der Waals surface area contributed by atoms with Crippen LogP contribution in [-0.2, 0) is 0 Å². The van der Waals surface area contributed by atoms with E-state index in [2.05, 4.69) is 5.32 Å². The fraction of sp³-hybridized carbons (Fsp3) is 0.625. The number of hydrogen-bond donors (Lipinski definition) is 2. The standard InChI is InChI=1S/C16H22ClNO/c17-13-7-4-8-14(11-13)18-15-9-3-6-12-5-1-2-10-16(12,15)19/h4,7-8,11-12,15,18-19H,1-3,5-6,9-10H2/t12-,15?,16+/m1/s1. The van der Waals surface area contributed by atoms with E-state index >= 15 is 0 Å². The normalized spacial score (nSPS) is 34.6. The molecule has 2 N–H and O–H groups in total. The molecule has 0 amide bonds. The number of fused-ring (bicyclic) bond motifs is 1. The lowest BCUT2D eigenvalue weighted by molar-refractivity contribution is -0.0835. The van der Waals surface area contributed by atoms with Gasteiger partial charge in [0.15, 0.2) is 0 Å². The highest BCUT2D eigenvalue weighted by Crippen LogP contribution is 2.44. The van der Waals surface area contributed by atoms with Crippen molar-refractivity contribution in [3.05, 3.63) is 29.3 Å². The van der Waals surface area contributed by atoms with Crippen molar-refractivity contribution in [1.82, 2.24) is 0 Å². The van der Waals surface area contributed by atoms with Gasteiger partial charge >= 0.3 is 0 Å². The fourth-order valence-electron chi connectivity index (χ4n) is 3.90. The molecular weight excluding hydrogens is 258 g/mol. The fourth-order valence-corrected chi connectivity index (χ4v) is 4.09. The lowest BCUT2D eigenvalue weighted by Gasteiger charge is -2.49. The first kappa shape index (κ1) is 13.3. The van der Waals surface area contributed by atoms with Gasteiger partial charge in [-0.3, -0.25) is 0 Å². The maximum absolute atomic E-state index is 11.1. The van der Waals surface area contributed by atoms with Crippen molar-refractivity contribution in [2.24, 2.45) is 5.92 Å². The Morgan fingerprint density at radius 2 is 2.00 bits per heavy atom. The Kier molecular flexibility index (Phi) is 3.72. The minimum atomic E-state index is -0.515. The Labute approximate surface area is 120 Å². The van der Waals surface area contributed by atoms with Crippen LogP contribution >= 0.6 is 11.6 Å². The van der Waals surface area contributed by atoms with E-state index in [1.165, 1.54) is 25.7 Å². The molecule has 2 aliphatic rings. The topological polar surface area (TPSA) is 32.3 Å². The Balaban J connectivity index is 1.79. The first-order valence-electron chi connectivity index (χ1n) is 7.43. The molecule has 104 valence electrons. The molecule has 0 radical (unpaired) electrons. The average Bonchev–Trinajstić information content (AvgIpc) is 2.40. The zero-order valence-electron chi connectivity index (χ0n) is 11.2. The van der Waals surface area contributed by atoms with E-state index in [4.69, 9.17) is 11.6 Å². The summed E-state index contributed by atoms with van der Waals surface area (Å²) in [7, 11) is 0. The summed E-state index contributed by atoms with van der Waals surface area (Å²) in [6.07, 6.45) is 8.01. The minimum Gasteiger partial charge on any atom is -0.387 e. The maximum atomic E-state index is 11.1. The number of nitrogens with one attached hydrogen (secondary N) is 1. The smallest absolute Gasteiger partial charge is 0.0875 e. The molecule has 3 rings (SSSR count). The summed E-state index contributed by atoms with van der Waals surface area (Å²) < 4.78 is 0. The molecule has 2 fully saturated rings. The number of halogens is 1. The molecule has 0 aromatic heterocycles. The third-order valence-electron chi connectivity index (χ3n) is 4.90. The predicted octanol–water partition coefficient (Wildman–Crippen LogP) is 4.23. The summed E-state index contributed by atoms with van der Waals surface area (Å²) in [5.74, 6) is 0.478. The van der Waals surface area contributed by atoms with E-state index in [-0.39, 0.29) is 6.04 Å². The molecule has 0 spiro atoms. The van der Waals surface area contributed by atoms with Crippen molar-refractivity contribution < 1.29 is 5.11 Å². The third kappa shape index (κ3) is 2.61. The first-order valence-corrected chi connectivity index (χ1v) is 7.81. The Hall–Kier alpha value is -0.730. The molecule has 2 aliphatic carbocycles. The molecule has 0 heterocycles. The van der Waals surface area contributed by atoms with Gasteiger partial charge in [0.25, 0.3) is 0 Å². The van der Waals surface area contributed by atoms with Crippen LogP contribution in [0.3, 0.4) is 0 Å². The highest BCUT2D eigenvalue weighted by Gasteiger charge is 2.47. The summed E-state index contributed by atoms with van der Waals surface area (Å²) in [6.45, 7) is 0. The molecule has 19 heavy (non-hydrogen) atoms. The van der Waals surface area contributed by atoms with Crippen LogP contribution in [0, 0.1) is 5.92 Å². The second-order valence-corrected chi connectivity index (χ2v) is 6.51. The van der Waals surface area contributed by atoms with Crippen LogP contribution in [-0.4, -0.2) is 16.7 Å². The highest BCUT2D eigenvalue weighted by molar-refractivity contribution is 6.30. The van der Waals surface area contributed by atoms with E-state index < -0.39 is 5.60 Å². The van der Waals surface area contributed by atoms with Crippen LogP contribution in [0.15, 0.2) is 24.3 Å². The predicted molar refractivity (Wildman–Crippen MR) is 79.6 cm³/mol.